The topological polar surface area (TPSA) is 134 Å². The van der Waals surface area contributed by atoms with Crippen LogP contribution in [0.5, 0.6) is 0 Å². The standard InChI is InChI=1S/C21H10BrN5O2/c22-14-4-5-18-16(7-14)17(21(28)29)8-19(27-18)12-2-1-3-15(6-12)26-20(11-25)13(9-23)10-24/h1-8,26H,(H,28,29). The maximum Gasteiger partial charge on any atom is 0.336 e. The van der Waals surface area contributed by atoms with Gasteiger partial charge >= 0.3 is 5.97 Å². The molecule has 0 radical (unpaired) electrons. The van der Waals surface area contributed by atoms with Crippen LogP contribution in [0.25, 0.3) is 22.2 Å². The first-order valence-corrected chi connectivity index (χ1v) is 8.91. The first-order chi connectivity index (χ1) is 14.0. The van der Waals surface area contributed by atoms with Gasteiger partial charge in [-0.05, 0) is 36.4 Å². The van der Waals surface area contributed by atoms with E-state index in [1.165, 1.54) is 6.07 Å². The molecular weight excluding hydrogens is 434 g/mol. The second-order valence-corrected chi connectivity index (χ2v) is 6.73. The molecule has 0 spiro atoms. The van der Waals surface area contributed by atoms with Gasteiger partial charge in [0.2, 0.25) is 0 Å². The summed E-state index contributed by atoms with van der Waals surface area (Å²) >= 11 is 3.34. The minimum atomic E-state index is -1.08. The molecular formula is C21H10BrN5O2. The number of allylic oxidation sites excluding steroid dienone is 2. The number of nitrogens with one attached hydrogen (secondary N) is 1. The van der Waals surface area contributed by atoms with Crippen LogP contribution < -0.4 is 5.32 Å². The summed E-state index contributed by atoms with van der Waals surface area (Å²) in [6, 6.07) is 18.5. The molecule has 3 aromatic rings. The predicted octanol–water partition coefficient (Wildman–Crippen LogP) is 4.60. The van der Waals surface area contributed by atoms with Crippen LogP contribution in [0.4, 0.5) is 5.69 Å². The van der Waals surface area contributed by atoms with Gasteiger partial charge in [-0.2, -0.15) is 15.8 Å². The fourth-order valence-corrected chi connectivity index (χ4v) is 3.07. The number of nitriles is 3. The Balaban J connectivity index is 2.11. The molecule has 8 heteroatoms. The first-order valence-electron chi connectivity index (χ1n) is 8.12. The van der Waals surface area contributed by atoms with Gasteiger partial charge in [0.05, 0.1) is 16.8 Å². The number of anilines is 1. The Kier molecular flexibility index (Phi) is 5.55. The molecule has 29 heavy (non-hydrogen) atoms. The molecule has 0 saturated heterocycles. The number of carbonyl (C=O) groups is 1. The van der Waals surface area contributed by atoms with Gasteiger partial charge in [-0.15, -0.1) is 0 Å². The van der Waals surface area contributed by atoms with Crippen LogP contribution in [0.1, 0.15) is 10.4 Å². The second kappa shape index (κ2) is 8.22. The molecule has 0 unspecified atom stereocenters. The van der Waals surface area contributed by atoms with Crippen molar-refractivity contribution in [3.8, 4) is 29.5 Å². The molecule has 0 amide bonds. The highest BCUT2D eigenvalue weighted by Crippen LogP contribution is 2.28. The van der Waals surface area contributed by atoms with Gasteiger partial charge < -0.3 is 10.4 Å². The summed E-state index contributed by atoms with van der Waals surface area (Å²) in [4.78, 5) is 16.3. The van der Waals surface area contributed by atoms with Crippen molar-refractivity contribution in [2.24, 2.45) is 0 Å². The van der Waals surface area contributed by atoms with Crippen LogP contribution in [-0.2, 0) is 0 Å². The highest BCUT2D eigenvalue weighted by molar-refractivity contribution is 9.10. The summed E-state index contributed by atoms with van der Waals surface area (Å²) in [6.07, 6.45) is 0. The van der Waals surface area contributed by atoms with Gasteiger partial charge in [0.15, 0.2) is 5.57 Å². The van der Waals surface area contributed by atoms with Crippen LogP contribution >= 0.6 is 15.9 Å². The van der Waals surface area contributed by atoms with Gasteiger partial charge in [-0.1, -0.05) is 28.1 Å². The molecule has 7 nitrogen and oxygen atoms in total. The number of fused-ring (bicyclic) bond motifs is 1. The Morgan fingerprint density at radius 1 is 1.03 bits per heavy atom. The van der Waals surface area contributed by atoms with Gasteiger partial charge in [-0.3, -0.25) is 0 Å². The molecule has 0 fully saturated rings. The van der Waals surface area contributed by atoms with Gasteiger partial charge in [0.25, 0.3) is 0 Å². The average Bonchev–Trinajstić information content (AvgIpc) is 2.73. The Bertz CT molecular complexity index is 1290. The van der Waals surface area contributed by atoms with Gasteiger partial charge in [0.1, 0.15) is 23.9 Å². The summed E-state index contributed by atoms with van der Waals surface area (Å²) < 4.78 is 0.745. The molecule has 0 aliphatic heterocycles. The zero-order chi connectivity index (χ0) is 21.0. The average molecular weight is 444 g/mol. The lowest BCUT2D eigenvalue weighted by Gasteiger charge is -2.10. The molecule has 0 aliphatic carbocycles. The normalized spacial score (nSPS) is 9.72. The lowest BCUT2D eigenvalue weighted by molar-refractivity contribution is 0.0699. The molecule has 0 bridgehead atoms. The van der Waals surface area contributed by atoms with Crippen LogP contribution in [0.3, 0.4) is 0 Å². The number of hydrogen-bond acceptors (Lipinski definition) is 6. The van der Waals surface area contributed by atoms with Crippen LogP contribution in [0, 0.1) is 34.0 Å². The summed E-state index contributed by atoms with van der Waals surface area (Å²) in [5.74, 6) is -1.08. The summed E-state index contributed by atoms with van der Waals surface area (Å²) in [6.45, 7) is 0. The minimum absolute atomic E-state index is 0.110. The lowest BCUT2D eigenvalue weighted by atomic mass is 10.0. The van der Waals surface area contributed by atoms with Crippen molar-refractivity contribution in [2.45, 2.75) is 0 Å². The van der Waals surface area contributed by atoms with E-state index in [4.69, 9.17) is 10.5 Å². The maximum atomic E-state index is 11.7. The zero-order valence-electron chi connectivity index (χ0n) is 14.6. The van der Waals surface area contributed by atoms with Crippen molar-refractivity contribution in [1.82, 2.24) is 4.98 Å². The Morgan fingerprint density at radius 3 is 2.45 bits per heavy atom. The smallest absolute Gasteiger partial charge is 0.336 e. The third kappa shape index (κ3) is 4.06. The third-order valence-electron chi connectivity index (χ3n) is 4.01. The van der Waals surface area contributed by atoms with Crippen molar-refractivity contribution < 1.29 is 9.90 Å². The quantitative estimate of drug-likeness (QED) is 0.562. The fraction of sp³-hybridized carbons (Fsp3) is 0. The Morgan fingerprint density at radius 2 is 1.79 bits per heavy atom. The highest BCUT2D eigenvalue weighted by atomic mass is 79.9. The second-order valence-electron chi connectivity index (χ2n) is 5.81. The number of hydrogen-bond donors (Lipinski definition) is 2. The van der Waals surface area contributed by atoms with E-state index in [1.54, 1.807) is 60.7 Å². The summed E-state index contributed by atoms with van der Waals surface area (Å²) in [5, 5.41) is 40.0. The van der Waals surface area contributed by atoms with Gasteiger partial charge in [0, 0.05) is 21.1 Å². The largest absolute Gasteiger partial charge is 0.478 e. The number of benzene rings is 2. The van der Waals surface area contributed by atoms with Crippen LogP contribution in [-0.4, -0.2) is 16.1 Å². The summed E-state index contributed by atoms with van der Waals surface area (Å²) in [5.41, 5.74) is 1.62. The number of rotatable bonds is 4. The molecule has 0 saturated carbocycles. The van der Waals surface area contributed by atoms with E-state index in [1.807, 2.05) is 0 Å². The molecule has 3 rings (SSSR count). The third-order valence-corrected chi connectivity index (χ3v) is 4.51. The molecule has 0 atom stereocenters. The zero-order valence-corrected chi connectivity index (χ0v) is 16.2. The van der Waals surface area contributed by atoms with E-state index in [-0.39, 0.29) is 16.8 Å². The SMILES string of the molecule is N#CC(C#N)=C(C#N)Nc1cccc(-c2cc(C(=O)O)c3cc(Br)ccc3n2)c1. The van der Waals surface area contributed by atoms with Crippen molar-refractivity contribution in [3.63, 3.8) is 0 Å². The number of carboxylic acid groups (broad SMARTS) is 1. The van der Waals surface area contributed by atoms with Gasteiger partial charge in [-0.25, -0.2) is 9.78 Å². The maximum absolute atomic E-state index is 11.7. The van der Waals surface area contributed by atoms with Crippen molar-refractivity contribution in [1.29, 1.82) is 15.8 Å². The molecule has 0 aliphatic rings. The molecule has 1 aromatic heterocycles. The fourth-order valence-electron chi connectivity index (χ4n) is 2.71. The van der Waals surface area contributed by atoms with E-state index in [2.05, 4.69) is 26.2 Å². The predicted molar refractivity (Wildman–Crippen MR) is 109 cm³/mol. The molecule has 1 heterocycles. The number of aromatic carboxylic acids is 1. The highest BCUT2D eigenvalue weighted by Gasteiger charge is 2.14. The first kappa shape index (κ1) is 19.6. The van der Waals surface area contributed by atoms with Crippen LogP contribution in [0.15, 0.2) is 64.3 Å². The van der Waals surface area contributed by atoms with Crippen molar-refractivity contribution in [2.75, 3.05) is 5.32 Å². The number of nitrogens with zero attached hydrogens (tertiary/aromatic N) is 4. The van der Waals surface area contributed by atoms with Crippen molar-refractivity contribution in [3.05, 3.63) is 69.8 Å². The molecule has 138 valence electrons. The van der Waals surface area contributed by atoms with E-state index < -0.39 is 5.97 Å². The van der Waals surface area contributed by atoms with E-state index in [0.717, 1.165) is 4.47 Å². The molecule has 2 N–H and O–H groups in total. The Labute approximate surface area is 173 Å². The minimum Gasteiger partial charge on any atom is -0.478 e. The lowest BCUT2D eigenvalue weighted by Crippen LogP contribution is -2.02. The number of pyridine rings is 1. The number of carboxylic acids is 1. The van der Waals surface area contributed by atoms with E-state index >= 15 is 0 Å². The van der Waals surface area contributed by atoms with E-state index in [0.29, 0.717) is 27.8 Å². The monoisotopic (exact) mass is 443 g/mol. The number of halogens is 1. The van der Waals surface area contributed by atoms with Crippen molar-refractivity contribution >= 4 is 38.5 Å². The van der Waals surface area contributed by atoms with Crippen LogP contribution in [0.2, 0.25) is 0 Å². The Hall–Kier alpha value is -4.19. The molecule has 2 aromatic carbocycles. The van der Waals surface area contributed by atoms with E-state index in [9.17, 15) is 15.2 Å². The summed E-state index contributed by atoms with van der Waals surface area (Å²) in [7, 11) is 0. The number of aromatic nitrogens is 1.